The molecule has 0 aliphatic carbocycles. The number of nitrogens with one attached hydrogen (secondary N) is 1. The quantitative estimate of drug-likeness (QED) is 0.596. The van der Waals surface area contributed by atoms with Gasteiger partial charge < -0.3 is 10.4 Å². The second kappa shape index (κ2) is 6.81. The van der Waals surface area contributed by atoms with Gasteiger partial charge in [-0.3, -0.25) is 0 Å². The molecule has 0 aliphatic rings. The molecule has 0 unspecified atom stereocenters. The Morgan fingerprint density at radius 1 is 1.65 bits per heavy atom. The molecule has 0 atom stereocenters. The highest BCUT2D eigenvalue weighted by Gasteiger charge is 2.07. The topological polar surface area (TPSA) is 62.2 Å². The number of rotatable bonds is 6. The minimum absolute atomic E-state index is 0.234. The van der Waals surface area contributed by atoms with E-state index >= 15 is 0 Å². The molecule has 0 fully saturated rings. The van der Waals surface area contributed by atoms with Crippen molar-refractivity contribution in [2.45, 2.75) is 6.92 Å². The second-order valence-corrected chi connectivity index (χ2v) is 4.42. The average molecular weight is 250 g/mol. The third-order valence-electron chi connectivity index (χ3n) is 2.05. The van der Waals surface area contributed by atoms with Gasteiger partial charge in [0.15, 0.2) is 0 Å². The summed E-state index contributed by atoms with van der Waals surface area (Å²) >= 11 is 1.66. The molecule has 0 saturated heterocycles. The number of thioether (sulfide) groups is 1. The highest BCUT2D eigenvalue weighted by atomic mass is 32.2. The van der Waals surface area contributed by atoms with Crippen LogP contribution in [0.15, 0.2) is 12.1 Å². The number of terminal acetylenes is 1. The van der Waals surface area contributed by atoms with Crippen molar-refractivity contribution in [3.63, 3.8) is 0 Å². The molecule has 0 aromatic carbocycles. The Morgan fingerprint density at radius 2 is 2.41 bits per heavy atom. The van der Waals surface area contributed by atoms with Crippen LogP contribution in [0, 0.1) is 19.3 Å². The van der Waals surface area contributed by atoms with Crippen molar-refractivity contribution in [3.05, 3.63) is 23.4 Å². The Kier molecular flexibility index (Phi) is 5.37. The maximum absolute atomic E-state index is 10.8. The van der Waals surface area contributed by atoms with E-state index in [4.69, 9.17) is 11.5 Å². The smallest absolute Gasteiger partial charge is 0.337 e. The summed E-state index contributed by atoms with van der Waals surface area (Å²) in [7, 11) is 0. The maximum atomic E-state index is 10.8. The molecule has 0 saturated carbocycles. The number of carboxylic acid groups (broad SMARTS) is 1. The molecule has 1 aromatic heterocycles. The lowest BCUT2D eigenvalue weighted by molar-refractivity contribution is 0.0695. The van der Waals surface area contributed by atoms with Gasteiger partial charge in [0.1, 0.15) is 5.82 Å². The molecule has 0 amide bonds. The molecule has 0 bridgehead atoms. The van der Waals surface area contributed by atoms with Crippen molar-refractivity contribution in [1.29, 1.82) is 0 Å². The highest BCUT2D eigenvalue weighted by molar-refractivity contribution is 7.99. The molecule has 17 heavy (non-hydrogen) atoms. The summed E-state index contributed by atoms with van der Waals surface area (Å²) in [5.74, 6) is 3.88. The number of hydrogen-bond acceptors (Lipinski definition) is 4. The van der Waals surface area contributed by atoms with Crippen molar-refractivity contribution < 1.29 is 9.90 Å². The molecule has 0 aliphatic heterocycles. The van der Waals surface area contributed by atoms with Gasteiger partial charge in [-0.25, -0.2) is 9.78 Å². The first-order valence-electron chi connectivity index (χ1n) is 5.11. The molecule has 5 heteroatoms. The summed E-state index contributed by atoms with van der Waals surface area (Å²) in [5, 5.41) is 12.0. The Balaban J connectivity index is 2.48. The number of pyridine rings is 1. The number of nitrogens with zero attached hydrogens (tertiary/aromatic N) is 1. The van der Waals surface area contributed by atoms with Gasteiger partial charge in [0.05, 0.1) is 17.0 Å². The van der Waals surface area contributed by atoms with Gasteiger partial charge in [0, 0.05) is 12.3 Å². The van der Waals surface area contributed by atoms with Crippen LogP contribution in [-0.4, -0.2) is 34.1 Å². The Bertz CT molecular complexity index is 441. The minimum atomic E-state index is -0.953. The molecule has 90 valence electrons. The number of aromatic nitrogens is 1. The van der Waals surface area contributed by atoms with E-state index in [0.717, 1.165) is 12.3 Å². The number of hydrogen-bond donors (Lipinski definition) is 2. The van der Waals surface area contributed by atoms with Crippen LogP contribution in [0.25, 0.3) is 0 Å². The standard InChI is InChI=1S/C12H14N2O2S/c1-3-7-17-8-6-13-11-5-4-10(12(15)16)9(2)14-11/h1,4-5H,6-8H2,2H3,(H,13,14)(H,15,16). The van der Waals surface area contributed by atoms with Gasteiger partial charge in [-0.15, -0.1) is 18.2 Å². The first-order valence-corrected chi connectivity index (χ1v) is 6.26. The number of aryl methyl sites for hydroxylation is 1. The summed E-state index contributed by atoms with van der Waals surface area (Å²) in [5.41, 5.74) is 0.746. The number of anilines is 1. The lowest BCUT2D eigenvalue weighted by atomic mass is 10.2. The van der Waals surface area contributed by atoms with Gasteiger partial charge in [-0.05, 0) is 19.1 Å². The van der Waals surface area contributed by atoms with Crippen molar-refractivity contribution in [3.8, 4) is 12.3 Å². The number of carbonyl (C=O) groups is 1. The van der Waals surface area contributed by atoms with Crippen molar-refractivity contribution in [1.82, 2.24) is 4.98 Å². The van der Waals surface area contributed by atoms with E-state index in [-0.39, 0.29) is 5.56 Å². The summed E-state index contributed by atoms with van der Waals surface area (Å²) in [6.45, 7) is 2.44. The number of aromatic carboxylic acids is 1. The summed E-state index contributed by atoms with van der Waals surface area (Å²) in [4.78, 5) is 15.0. The van der Waals surface area contributed by atoms with E-state index in [0.29, 0.717) is 17.3 Å². The SMILES string of the molecule is C#CCSCCNc1ccc(C(=O)O)c(C)n1. The largest absolute Gasteiger partial charge is 0.478 e. The maximum Gasteiger partial charge on any atom is 0.337 e. The Hall–Kier alpha value is -1.67. The molecular weight excluding hydrogens is 236 g/mol. The normalized spacial score (nSPS) is 9.65. The Labute approximate surface area is 105 Å². The van der Waals surface area contributed by atoms with E-state index in [2.05, 4.69) is 16.2 Å². The van der Waals surface area contributed by atoms with Gasteiger partial charge in [-0.2, -0.15) is 0 Å². The van der Waals surface area contributed by atoms with Crippen LogP contribution in [0.3, 0.4) is 0 Å². The molecule has 1 rings (SSSR count). The van der Waals surface area contributed by atoms with Crippen molar-refractivity contribution in [2.24, 2.45) is 0 Å². The van der Waals surface area contributed by atoms with Crippen LogP contribution < -0.4 is 5.32 Å². The van der Waals surface area contributed by atoms with Crippen molar-refractivity contribution >= 4 is 23.5 Å². The van der Waals surface area contributed by atoms with E-state index in [1.54, 1.807) is 30.8 Å². The van der Waals surface area contributed by atoms with E-state index < -0.39 is 5.97 Å². The third-order valence-corrected chi connectivity index (χ3v) is 2.92. The lowest BCUT2D eigenvalue weighted by Crippen LogP contribution is -2.08. The van der Waals surface area contributed by atoms with Gasteiger partial charge >= 0.3 is 5.97 Å². The second-order valence-electron chi connectivity index (χ2n) is 3.32. The lowest BCUT2D eigenvalue weighted by Gasteiger charge is -2.07. The van der Waals surface area contributed by atoms with Crippen LogP contribution in [0.4, 0.5) is 5.82 Å². The zero-order chi connectivity index (χ0) is 12.7. The Morgan fingerprint density at radius 3 is 3.00 bits per heavy atom. The first kappa shape index (κ1) is 13.4. The van der Waals surface area contributed by atoms with E-state index in [1.807, 2.05) is 0 Å². The van der Waals surface area contributed by atoms with Crippen LogP contribution in [0.5, 0.6) is 0 Å². The van der Waals surface area contributed by atoms with E-state index in [1.165, 1.54) is 0 Å². The fraction of sp³-hybridized carbons (Fsp3) is 0.333. The van der Waals surface area contributed by atoms with Gasteiger partial charge in [0.2, 0.25) is 0 Å². The predicted octanol–water partition coefficient (Wildman–Crippen LogP) is 1.87. The van der Waals surface area contributed by atoms with Crippen molar-refractivity contribution in [2.75, 3.05) is 23.4 Å². The zero-order valence-corrected chi connectivity index (χ0v) is 10.4. The van der Waals surface area contributed by atoms with Crippen LogP contribution in [0.1, 0.15) is 16.1 Å². The number of carboxylic acids is 1. The molecule has 1 heterocycles. The van der Waals surface area contributed by atoms with Gasteiger partial charge in [-0.1, -0.05) is 5.92 Å². The zero-order valence-electron chi connectivity index (χ0n) is 9.56. The monoisotopic (exact) mass is 250 g/mol. The molecule has 0 radical (unpaired) electrons. The highest BCUT2D eigenvalue weighted by Crippen LogP contribution is 2.10. The summed E-state index contributed by atoms with van der Waals surface area (Å²) in [6, 6.07) is 3.23. The molecule has 0 spiro atoms. The fourth-order valence-corrected chi connectivity index (χ4v) is 1.78. The predicted molar refractivity (Wildman–Crippen MR) is 70.6 cm³/mol. The molecular formula is C12H14N2O2S. The van der Waals surface area contributed by atoms with Gasteiger partial charge in [0.25, 0.3) is 0 Å². The average Bonchev–Trinajstić information content (AvgIpc) is 2.28. The summed E-state index contributed by atoms with van der Waals surface area (Å²) in [6.07, 6.45) is 5.13. The van der Waals surface area contributed by atoms with E-state index in [9.17, 15) is 4.79 Å². The van der Waals surface area contributed by atoms with Crippen LogP contribution in [0.2, 0.25) is 0 Å². The third kappa shape index (κ3) is 4.37. The molecule has 1 aromatic rings. The van der Waals surface area contributed by atoms with Crippen LogP contribution >= 0.6 is 11.8 Å². The van der Waals surface area contributed by atoms with Crippen LogP contribution in [-0.2, 0) is 0 Å². The fourth-order valence-electron chi connectivity index (χ4n) is 1.27. The molecule has 4 nitrogen and oxygen atoms in total. The summed E-state index contributed by atoms with van der Waals surface area (Å²) < 4.78 is 0. The minimum Gasteiger partial charge on any atom is -0.478 e. The first-order chi connectivity index (χ1) is 8.15. The molecule has 2 N–H and O–H groups in total.